The molecule has 0 spiro atoms. The van der Waals surface area contributed by atoms with Crippen LogP contribution in [0.3, 0.4) is 0 Å². The number of H-pyrrole nitrogens is 1. The number of allylic oxidation sites excluding steroid dienone is 1. The molecule has 37 heavy (non-hydrogen) atoms. The highest BCUT2D eigenvalue weighted by atomic mass is 16.2. The van der Waals surface area contributed by atoms with Crippen molar-refractivity contribution in [1.82, 2.24) is 24.8 Å². The number of aromatic nitrogens is 3. The van der Waals surface area contributed by atoms with Crippen LogP contribution in [-0.4, -0.2) is 69.1 Å². The Morgan fingerprint density at radius 3 is 2.70 bits per heavy atom. The number of nitrogens with zero attached hydrogens (tertiary/aromatic N) is 5. The minimum Gasteiger partial charge on any atom is -0.351 e. The van der Waals surface area contributed by atoms with Gasteiger partial charge in [-0.2, -0.15) is 0 Å². The third-order valence-corrected chi connectivity index (χ3v) is 7.37. The maximum Gasteiger partial charge on any atom is 0.270 e. The first kappa shape index (κ1) is 25.1. The molecule has 8 nitrogen and oxygen atoms in total. The van der Waals surface area contributed by atoms with Crippen LogP contribution in [0.25, 0.3) is 16.6 Å². The summed E-state index contributed by atoms with van der Waals surface area (Å²) in [5, 5.41) is 4.28. The predicted molar refractivity (Wildman–Crippen MR) is 150 cm³/mol. The summed E-state index contributed by atoms with van der Waals surface area (Å²) < 4.78 is 0. The molecular formula is C29H37N7O. The van der Waals surface area contributed by atoms with Gasteiger partial charge in [0.25, 0.3) is 5.91 Å². The van der Waals surface area contributed by atoms with Gasteiger partial charge in [0.2, 0.25) is 5.95 Å². The number of aliphatic imine (C=N–C) groups is 1. The Bertz CT molecular complexity index is 1280. The van der Waals surface area contributed by atoms with Gasteiger partial charge in [0.15, 0.2) is 0 Å². The Labute approximate surface area is 218 Å². The van der Waals surface area contributed by atoms with Crippen LogP contribution in [0.5, 0.6) is 0 Å². The number of carbonyl (C=O) groups is 1. The standard InChI is InChI=1S/C29H37N7O/c1-3-13-30-24(4-2)26-10-14-31-29(34-26)32-22-8-9-25-21(19-22)20-27(33-25)28(37)36-17-11-23(12-18-36)35-15-6-5-7-16-35/h4,8-10,13-14,19-20,23,33H,3,5-7,11-12,15-18H2,1-2H3,(H,31,32,34)/b24-4-,30-13?. The zero-order chi connectivity index (χ0) is 25.6. The number of aromatic amines is 1. The zero-order valence-corrected chi connectivity index (χ0v) is 21.9. The van der Waals surface area contributed by atoms with E-state index in [9.17, 15) is 4.79 Å². The summed E-state index contributed by atoms with van der Waals surface area (Å²) in [5.41, 5.74) is 4.04. The lowest BCUT2D eigenvalue weighted by atomic mass is 10.00. The quantitative estimate of drug-likeness (QED) is 0.411. The number of hydrogen-bond donors (Lipinski definition) is 2. The monoisotopic (exact) mass is 499 g/mol. The van der Waals surface area contributed by atoms with Gasteiger partial charge >= 0.3 is 0 Å². The van der Waals surface area contributed by atoms with E-state index in [-0.39, 0.29) is 5.91 Å². The minimum atomic E-state index is 0.0883. The lowest BCUT2D eigenvalue weighted by molar-refractivity contribution is 0.0585. The van der Waals surface area contributed by atoms with Crippen molar-refractivity contribution in [3.05, 3.63) is 54.0 Å². The van der Waals surface area contributed by atoms with E-state index >= 15 is 0 Å². The van der Waals surface area contributed by atoms with Crippen LogP contribution in [0.4, 0.5) is 11.6 Å². The van der Waals surface area contributed by atoms with E-state index in [2.05, 4.69) is 37.1 Å². The average Bonchev–Trinajstić information content (AvgIpc) is 3.37. The van der Waals surface area contributed by atoms with Crippen LogP contribution < -0.4 is 5.32 Å². The van der Waals surface area contributed by atoms with E-state index in [0.717, 1.165) is 60.3 Å². The fourth-order valence-electron chi connectivity index (χ4n) is 5.38. The number of fused-ring (bicyclic) bond motifs is 1. The minimum absolute atomic E-state index is 0.0883. The maximum atomic E-state index is 13.3. The molecule has 1 amide bonds. The normalized spacial score (nSPS) is 18.1. The van der Waals surface area contributed by atoms with Gasteiger partial charge in [0.05, 0.1) is 11.4 Å². The van der Waals surface area contributed by atoms with Crippen LogP contribution >= 0.6 is 0 Å². The molecule has 8 heteroatoms. The highest BCUT2D eigenvalue weighted by Gasteiger charge is 2.28. The smallest absolute Gasteiger partial charge is 0.270 e. The molecule has 194 valence electrons. The molecule has 0 saturated carbocycles. The molecular weight excluding hydrogens is 462 g/mol. The molecule has 2 aliphatic heterocycles. The number of amides is 1. The first-order valence-electron chi connectivity index (χ1n) is 13.6. The third-order valence-electron chi connectivity index (χ3n) is 7.37. The second-order valence-electron chi connectivity index (χ2n) is 9.89. The van der Waals surface area contributed by atoms with Crippen LogP contribution in [0.2, 0.25) is 0 Å². The Hall–Kier alpha value is -3.52. The Kier molecular flexibility index (Phi) is 7.94. The van der Waals surface area contributed by atoms with Gasteiger partial charge in [-0.1, -0.05) is 19.4 Å². The van der Waals surface area contributed by atoms with Gasteiger partial charge in [0.1, 0.15) is 5.69 Å². The first-order valence-corrected chi connectivity index (χ1v) is 13.6. The van der Waals surface area contributed by atoms with Crippen LogP contribution in [-0.2, 0) is 0 Å². The summed E-state index contributed by atoms with van der Waals surface area (Å²) in [6.07, 6.45) is 12.5. The molecule has 2 N–H and O–H groups in total. The summed E-state index contributed by atoms with van der Waals surface area (Å²) in [6, 6.07) is 10.4. The van der Waals surface area contributed by atoms with E-state index < -0.39 is 0 Å². The Morgan fingerprint density at radius 2 is 1.95 bits per heavy atom. The topological polar surface area (TPSA) is 89.5 Å². The van der Waals surface area contributed by atoms with Gasteiger partial charge in [-0.3, -0.25) is 9.79 Å². The predicted octanol–water partition coefficient (Wildman–Crippen LogP) is 5.63. The van der Waals surface area contributed by atoms with E-state index in [1.54, 1.807) is 6.20 Å². The first-order chi connectivity index (χ1) is 18.1. The van der Waals surface area contributed by atoms with Crippen LogP contribution in [0, 0.1) is 0 Å². The molecule has 2 aromatic heterocycles. The molecule has 0 bridgehead atoms. The van der Waals surface area contributed by atoms with Gasteiger partial charge in [-0.25, -0.2) is 9.97 Å². The van der Waals surface area contributed by atoms with Crippen molar-refractivity contribution in [2.24, 2.45) is 4.99 Å². The Balaban J connectivity index is 1.25. The number of likely N-dealkylation sites (tertiary alicyclic amines) is 2. The third kappa shape index (κ3) is 5.91. The van der Waals surface area contributed by atoms with Gasteiger partial charge < -0.3 is 20.1 Å². The SMILES string of the molecule is C/C=C(\N=CCC)c1ccnc(Nc2ccc3[nH]c(C(=O)N4CCC(N5CCCCC5)CC4)cc3c2)n1. The molecule has 2 aliphatic rings. The molecule has 0 atom stereocenters. The Morgan fingerprint density at radius 1 is 1.14 bits per heavy atom. The van der Waals surface area contributed by atoms with Crippen molar-refractivity contribution in [3.8, 4) is 0 Å². The summed E-state index contributed by atoms with van der Waals surface area (Å²) in [7, 11) is 0. The number of nitrogens with one attached hydrogen (secondary N) is 2. The second kappa shape index (κ2) is 11.7. The fourth-order valence-corrected chi connectivity index (χ4v) is 5.38. The highest BCUT2D eigenvalue weighted by Crippen LogP contribution is 2.25. The summed E-state index contributed by atoms with van der Waals surface area (Å²) in [5.74, 6) is 0.594. The van der Waals surface area contributed by atoms with Crippen molar-refractivity contribution in [2.75, 3.05) is 31.5 Å². The number of benzene rings is 1. The fraction of sp³-hybridized carbons (Fsp3) is 0.448. The average molecular weight is 500 g/mol. The molecule has 1 aromatic carbocycles. The maximum absolute atomic E-state index is 13.3. The highest BCUT2D eigenvalue weighted by molar-refractivity contribution is 5.98. The lowest BCUT2D eigenvalue weighted by Gasteiger charge is -2.40. The molecule has 2 saturated heterocycles. The largest absolute Gasteiger partial charge is 0.351 e. The number of anilines is 2. The molecule has 4 heterocycles. The van der Waals surface area contributed by atoms with Crippen LogP contribution in [0.15, 0.2) is 47.6 Å². The van der Waals surface area contributed by atoms with Crippen molar-refractivity contribution in [3.63, 3.8) is 0 Å². The molecule has 0 radical (unpaired) electrons. The number of hydrogen-bond acceptors (Lipinski definition) is 6. The van der Waals surface area contributed by atoms with Gasteiger partial charge in [-0.05, 0) is 82.4 Å². The van der Waals surface area contributed by atoms with Crippen molar-refractivity contribution in [2.45, 2.75) is 58.4 Å². The van der Waals surface area contributed by atoms with Crippen molar-refractivity contribution >= 4 is 40.4 Å². The summed E-state index contributed by atoms with van der Waals surface area (Å²) in [4.78, 5) is 34.7. The number of carbonyl (C=O) groups excluding carboxylic acids is 1. The van der Waals surface area contributed by atoms with E-state index in [0.29, 0.717) is 17.7 Å². The van der Waals surface area contributed by atoms with E-state index in [1.807, 2.05) is 54.4 Å². The van der Waals surface area contributed by atoms with Crippen molar-refractivity contribution in [1.29, 1.82) is 0 Å². The van der Waals surface area contributed by atoms with Crippen molar-refractivity contribution < 1.29 is 4.79 Å². The van der Waals surface area contributed by atoms with Crippen LogP contribution in [0.1, 0.15) is 68.6 Å². The molecule has 5 rings (SSSR count). The molecule has 3 aromatic rings. The number of rotatable bonds is 7. The molecule has 0 aliphatic carbocycles. The summed E-state index contributed by atoms with van der Waals surface area (Å²) >= 11 is 0. The zero-order valence-electron chi connectivity index (χ0n) is 21.9. The van der Waals surface area contributed by atoms with E-state index in [4.69, 9.17) is 0 Å². The summed E-state index contributed by atoms with van der Waals surface area (Å²) in [6.45, 7) is 8.09. The van der Waals surface area contributed by atoms with Gasteiger partial charge in [0, 0.05) is 48.1 Å². The van der Waals surface area contributed by atoms with E-state index in [1.165, 1.54) is 32.4 Å². The molecule has 2 fully saturated rings. The van der Waals surface area contributed by atoms with Gasteiger partial charge in [-0.15, -0.1) is 0 Å². The molecule has 0 unspecified atom stereocenters. The number of piperidine rings is 2. The second-order valence-corrected chi connectivity index (χ2v) is 9.89. The lowest BCUT2D eigenvalue weighted by Crippen LogP contribution is -2.48.